The molecular weight excluding hydrogens is 379 g/mol. The van der Waals surface area contributed by atoms with Crippen LogP contribution in [0.15, 0.2) is 48.5 Å². The predicted molar refractivity (Wildman–Crippen MR) is 118 cm³/mol. The van der Waals surface area contributed by atoms with Crippen LogP contribution in [-0.4, -0.2) is 31.0 Å². The highest BCUT2D eigenvalue weighted by molar-refractivity contribution is 5.79. The first-order chi connectivity index (χ1) is 14.4. The zero-order valence-corrected chi connectivity index (χ0v) is 18.2. The Morgan fingerprint density at radius 2 is 1.87 bits per heavy atom. The van der Waals surface area contributed by atoms with Crippen LogP contribution in [0.1, 0.15) is 50.3 Å². The van der Waals surface area contributed by atoms with E-state index in [1.165, 1.54) is 12.1 Å². The van der Waals surface area contributed by atoms with E-state index in [4.69, 9.17) is 4.74 Å². The predicted octanol–water partition coefficient (Wildman–Crippen LogP) is 4.95. The van der Waals surface area contributed by atoms with Gasteiger partial charge in [-0.15, -0.1) is 0 Å². The van der Waals surface area contributed by atoms with Gasteiger partial charge in [0.2, 0.25) is 5.91 Å². The lowest BCUT2D eigenvalue weighted by molar-refractivity contribution is -0.127. The number of rotatable bonds is 8. The number of hydrogen-bond donors (Lipinski definition) is 1. The highest BCUT2D eigenvalue weighted by atomic mass is 19.1. The van der Waals surface area contributed by atoms with E-state index in [1.54, 1.807) is 7.11 Å². The zero-order chi connectivity index (χ0) is 21.5. The average Bonchev–Trinajstić information content (AvgIpc) is 2.75. The summed E-state index contributed by atoms with van der Waals surface area (Å²) in [5.41, 5.74) is 2.19. The van der Waals surface area contributed by atoms with Gasteiger partial charge in [0, 0.05) is 13.1 Å². The number of carbonyl (C=O) groups is 1. The summed E-state index contributed by atoms with van der Waals surface area (Å²) in [6.07, 6.45) is 2.80. The highest BCUT2D eigenvalue weighted by Crippen LogP contribution is 2.26. The molecule has 0 aromatic heterocycles. The van der Waals surface area contributed by atoms with E-state index in [9.17, 15) is 9.18 Å². The number of likely N-dealkylation sites (tertiary alicyclic amines) is 1. The number of methoxy groups -OCH3 is 1. The largest absolute Gasteiger partial charge is 0.497 e. The van der Waals surface area contributed by atoms with Crippen LogP contribution < -0.4 is 10.1 Å². The van der Waals surface area contributed by atoms with Gasteiger partial charge in [0.15, 0.2) is 0 Å². The number of piperidine rings is 1. The molecule has 0 radical (unpaired) electrons. The van der Waals surface area contributed by atoms with Crippen LogP contribution in [0.2, 0.25) is 0 Å². The molecule has 1 N–H and O–H groups in total. The Morgan fingerprint density at radius 1 is 1.17 bits per heavy atom. The molecule has 1 amide bonds. The minimum absolute atomic E-state index is 0.00381. The molecule has 0 spiro atoms. The smallest absolute Gasteiger partial charge is 0.224 e. The summed E-state index contributed by atoms with van der Waals surface area (Å²) < 4.78 is 18.4. The minimum Gasteiger partial charge on any atom is -0.497 e. The van der Waals surface area contributed by atoms with Crippen LogP contribution in [0.5, 0.6) is 5.75 Å². The third kappa shape index (κ3) is 6.30. The number of ether oxygens (including phenoxy) is 1. The number of benzene rings is 2. The summed E-state index contributed by atoms with van der Waals surface area (Å²) in [7, 11) is 1.66. The summed E-state index contributed by atoms with van der Waals surface area (Å²) in [4.78, 5) is 15.4. The fourth-order valence-electron chi connectivity index (χ4n) is 4.14. The topological polar surface area (TPSA) is 41.6 Å². The molecule has 1 heterocycles. The van der Waals surface area contributed by atoms with E-state index in [-0.39, 0.29) is 23.7 Å². The molecule has 4 nitrogen and oxygen atoms in total. The summed E-state index contributed by atoms with van der Waals surface area (Å²) in [5.74, 6) is 1.17. The Bertz CT molecular complexity index is 805. The molecule has 2 aromatic carbocycles. The van der Waals surface area contributed by atoms with Gasteiger partial charge in [-0.2, -0.15) is 0 Å². The fraction of sp³-hybridized carbons (Fsp3) is 0.480. The first kappa shape index (κ1) is 22.3. The molecule has 30 heavy (non-hydrogen) atoms. The van der Waals surface area contributed by atoms with Crippen molar-refractivity contribution in [3.8, 4) is 5.75 Å². The van der Waals surface area contributed by atoms with Gasteiger partial charge in [0.1, 0.15) is 11.6 Å². The monoisotopic (exact) mass is 412 g/mol. The number of hydrogen-bond acceptors (Lipinski definition) is 3. The normalized spacial score (nSPS) is 18.2. The number of nitrogens with one attached hydrogen (secondary N) is 1. The van der Waals surface area contributed by atoms with E-state index < -0.39 is 0 Å². The van der Waals surface area contributed by atoms with E-state index in [0.717, 1.165) is 55.8 Å². The second-order valence-electron chi connectivity index (χ2n) is 8.66. The molecular formula is C25H33FN2O2. The van der Waals surface area contributed by atoms with Crippen molar-refractivity contribution in [2.75, 3.05) is 20.2 Å². The van der Waals surface area contributed by atoms with Gasteiger partial charge in [-0.05, 0) is 67.1 Å². The van der Waals surface area contributed by atoms with Crippen molar-refractivity contribution >= 4 is 5.91 Å². The van der Waals surface area contributed by atoms with Crippen molar-refractivity contribution in [1.29, 1.82) is 0 Å². The van der Waals surface area contributed by atoms with Gasteiger partial charge in [0.25, 0.3) is 0 Å². The van der Waals surface area contributed by atoms with Gasteiger partial charge < -0.3 is 10.1 Å². The van der Waals surface area contributed by atoms with Crippen LogP contribution in [0.25, 0.3) is 0 Å². The highest BCUT2D eigenvalue weighted by Gasteiger charge is 2.28. The molecule has 1 saturated heterocycles. The van der Waals surface area contributed by atoms with Crippen LogP contribution >= 0.6 is 0 Å². The standard InChI is InChI=1S/C25H33FN2O2/c1-18(2)15-24(20-8-12-23(30-3)13-9-20)27-25(29)21-5-4-14-28(17-21)16-19-6-10-22(26)11-7-19/h6-13,18,21,24H,4-5,14-17H2,1-3H3,(H,27,29)/t21-,24+/m1/s1. The van der Waals surface area contributed by atoms with Gasteiger partial charge >= 0.3 is 0 Å². The quantitative estimate of drug-likeness (QED) is 0.667. The molecule has 162 valence electrons. The maximum Gasteiger partial charge on any atom is 0.224 e. The third-order valence-electron chi connectivity index (χ3n) is 5.74. The first-order valence-electron chi connectivity index (χ1n) is 10.9. The van der Waals surface area contributed by atoms with Crippen molar-refractivity contribution < 1.29 is 13.9 Å². The van der Waals surface area contributed by atoms with Gasteiger partial charge in [-0.25, -0.2) is 4.39 Å². The minimum atomic E-state index is -0.218. The second-order valence-corrected chi connectivity index (χ2v) is 8.66. The van der Waals surface area contributed by atoms with E-state index >= 15 is 0 Å². The summed E-state index contributed by atoms with van der Waals surface area (Å²) >= 11 is 0. The Hall–Kier alpha value is -2.40. The van der Waals surface area contributed by atoms with Crippen LogP contribution in [-0.2, 0) is 11.3 Å². The van der Waals surface area contributed by atoms with Gasteiger partial charge in [0.05, 0.1) is 19.1 Å². The Labute approximate surface area is 179 Å². The maximum absolute atomic E-state index is 13.2. The lowest BCUT2D eigenvalue weighted by atomic mass is 9.93. The summed E-state index contributed by atoms with van der Waals surface area (Å²) in [5, 5.41) is 3.31. The van der Waals surface area contributed by atoms with Crippen LogP contribution in [0.3, 0.4) is 0 Å². The number of nitrogens with zero attached hydrogens (tertiary/aromatic N) is 1. The van der Waals surface area contributed by atoms with Crippen molar-refractivity contribution in [2.45, 2.75) is 45.7 Å². The van der Waals surface area contributed by atoms with Crippen molar-refractivity contribution in [3.63, 3.8) is 0 Å². The molecule has 1 fully saturated rings. The molecule has 3 rings (SSSR count). The molecule has 1 aliphatic rings. The SMILES string of the molecule is COc1ccc([C@H](CC(C)C)NC(=O)[C@@H]2CCCN(Cc3ccc(F)cc3)C2)cc1. The molecule has 0 saturated carbocycles. The van der Waals surface area contributed by atoms with Crippen molar-refractivity contribution in [2.24, 2.45) is 11.8 Å². The molecule has 5 heteroatoms. The van der Waals surface area contributed by atoms with Gasteiger partial charge in [-0.1, -0.05) is 38.1 Å². The molecule has 0 aliphatic carbocycles. The van der Waals surface area contributed by atoms with Crippen LogP contribution in [0, 0.1) is 17.7 Å². The van der Waals surface area contributed by atoms with E-state index in [0.29, 0.717) is 5.92 Å². The molecule has 2 atom stereocenters. The van der Waals surface area contributed by atoms with E-state index in [2.05, 4.69) is 24.1 Å². The van der Waals surface area contributed by atoms with Crippen molar-refractivity contribution in [1.82, 2.24) is 10.2 Å². The van der Waals surface area contributed by atoms with Crippen molar-refractivity contribution in [3.05, 3.63) is 65.5 Å². The molecule has 1 aliphatic heterocycles. The summed E-state index contributed by atoms with van der Waals surface area (Å²) in [6, 6.07) is 14.6. The summed E-state index contributed by atoms with van der Waals surface area (Å²) in [6.45, 7) is 6.80. The Morgan fingerprint density at radius 3 is 2.50 bits per heavy atom. The number of carbonyl (C=O) groups excluding carboxylic acids is 1. The molecule has 0 unspecified atom stereocenters. The Balaban J connectivity index is 1.62. The number of halogens is 1. The van der Waals surface area contributed by atoms with E-state index in [1.807, 2.05) is 36.4 Å². The fourth-order valence-corrected chi connectivity index (χ4v) is 4.14. The molecule has 2 aromatic rings. The third-order valence-corrected chi connectivity index (χ3v) is 5.74. The lowest BCUT2D eigenvalue weighted by Gasteiger charge is -2.33. The number of amides is 1. The lowest BCUT2D eigenvalue weighted by Crippen LogP contribution is -2.43. The molecule has 0 bridgehead atoms. The van der Waals surface area contributed by atoms with Gasteiger partial charge in [-0.3, -0.25) is 9.69 Å². The zero-order valence-electron chi connectivity index (χ0n) is 18.2. The second kappa shape index (κ2) is 10.6. The average molecular weight is 413 g/mol. The van der Waals surface area contributed by atoms with Crippen LogP contribution in [0.4, 0.5) is 4.39 Å². The Kier molecular flexibility index (Phi) is 7.86. The first-order valence-corrected chi connectivity index (χ1v) is 10.9. The maximum atomic E-state index is 13.2.